The third-order valence-electron chi connectivity index (χ3n) is 3.17. The molecule has 0 unspecified atom stereocenters. The van der Waals surface area contributed by atoms with Crippen LogP contribution < -0.4 is 10.2 Å². The Morgan fingerprint density at radius 3 is 2.52 bits per heavy atom. The van der Waals surface area contributed by atoms with E-state index in [1.165, 1.54) is 0 Å². The Hall–Kier alpha value is -2.08. The van der Waals surface area contributed by atoms with E-state index in [1.807, 2.05) is 6.20 Å². The topological polar surface area (TPSA) is 65.5 Å². The van der Waals surface area contributed by atoms with E-state index in [1.54, 1.807) is 35.6 Å². The number of hydrogen-bond acceptors (Lipinski definition) is 5. The lowest BCUT2D eigenvalue weighted by molar-refractivity contribution is 0.0697. The summed E-state index contributed by atoms with van der Waals surface area (Å²) in [6, 6.07) is 6.74. The van der Waals surface area contributed by atoms with Gasteiger partial charge in [-0.05, 0) is 38.1 Å². The first kappa shape index (κ1) is 15.3. The molecular formula is C15H19N3O2S. The van der Waals surface area contributed by atoms with Gasteiger partial charge in [-0.2, -0.15) is 0 Å². The summed E-state index contributed by atoms with van der Waals surface area (Å²) in [6.45, 7) is 6.83. The molecule has 21 heavy (non-hydrogen) atoms. The molecule has 0 aliphatic heterocycles. The Kier molecular flexibility index (Phi) is 5.16. The van der Waals surface area contributed by atoms with Crippen LogP contribution in [0.25, 0.3) is 0 Å². The first-order chi connectivity index (χ1) is 10.1. The maximum atomic E-state index is 10.8. The van der Waals surface area contributed by atoms with E-state index in [0.29, 0.717) is 12.1 Å². The molecule has 0 fully saturated rings. The number of carbonyl (C=O) groups is 1. The van der Waals surface area contributed by atoms with Gasteiger partial charge >= 0.3 is 5.97 Å². The number of benzene rings is 1. The predicted octanol–water partition coefficient (Wildman–Crippen LogP) is 3.30. The van der Waals surface area contributed by atoms with Gasteiger partial charge in [-0.3, -0.25) is 0 Å². The van der Waals surface area contributed by atoms with Crippen LogP contribution in [-0.2, 0) is 6.54 Å². The molecule has 5 nitrogen and oxygen atoms in total. The van der Waals surface area contributed by atoms with E-state index >= 15 is 0 Å². The molecule has 1 aromatic heterocycles. The van der Waals surface area contributed by atoms with Crippen molar-refractivity contribution in [3.63, 3.8) is 0 Å². The number of rotatable bonds is 7. The Balaban J connectivity index is 1.95. The lowest BCUT2D eigenvalue weighted by atomic mass is 10.2. The van der Waals surface area contributed by atoms with Crippen molar-refractivity contribution < 1.29 is 9.90 Å². The number of carboxylic acid groups (broad SMARTS) is 1. The van der Waals surface area contributed by atoms with Crippen molar-refractivity contribution >= 4 is 28.1 Å². The van der Waals surface area contributed by atoms with Gasteiger partial charge in [0.1, 0.15) is 0 Å². The molecule has 0 amide bonds. The second kappa shape index (κ2) is 7.08. The highest BCUT2D eigenvalue weighted by molar-refractivity contribution is 7.15. The number of nitrogens with zero attached hydrogens (tertiary/aromatic N) is 2. The van der Waals surface area contributed by atoms with Gasteiger partial charge in [-0.25, -0.2) is 9.78 Å². The van der Waals surface area contributed by atoms with E-state index in [0.717, 1.165) is 28.8 Å². The number of nitrogens with one attached hydrogen (secondary N) is 1. The molecule has 0 atom stereocenters. The summed E-state index contributed by atoms with van der Waals surface area (Å²) in [5, 5.41) is 13.2. The molecule has 6 heteroatoms. The number of carboxylic acids is 1. The van der Waals surface area contributed by atoms with Gasteiger partial charge in [0, 0.05) is 29.9 Å². The lowest BCUT2D eigenvalue weighted by Crippen LogP contribution is -2.21. The van der Waals surface area contributed by atoms with Crippen molar-refractivity contribution in [1.29, 1.82) is 0 Å². The second-order valence-corrected chi connectivity index (χ2v) is 5.61. The van der Waals surface area contributed by atoms with Crippen LogP contribution in [-0.4, -0.2) is 29.1 Å². The molecular weight excluding hydrogens is 286 g/mol. The van der Waals surface area contributed by atoms with Crippen molar-refractivity contribution in [3.05, 3.63) is 40.9 Å². The van der Waals surface area contributed by atoms with Crippen molar-refractivity contribution in [3.8, 4) is 0 Å². The lowest BCUT2D eigenvalue weighted by Gasteiger charge is -2.16. The number of aromatic carboxylic acids is 1. The van der Waals surface area contributed by atoms with Crippen LogP contribution >= 0.6 is 11.3 Å². The maximum Gasteiger partial charge on any atom is 0.335 e. The number of aromatic nitrogens is 1. The number of thiazole rings is 1. The zero-order chi connectivity index (χ0) is 15.2. The van der Waals surface area contributed by atoms with Gasteiger partial charge in [0.05, 0.1) is 12.1 Å². The molecule has 0 bridgehead atoms. The minimum atomic E-state index is -0.909. The summed E-state index contributed by atoms with van der Waals surface area (Å²) < 4.78 is 0. The summed E-state index contributed by atoms with van der Waals surface area (Å²) in [4.78, 5) is 18.6. The average molecular weight is 305 g/mol. The molecule has 0 saturated carbocycles. The van der Waals surface area contributed by atoms with Crippen LogP contribution in [0.4, 0.5) is 10.8 Å². The standard InChI is InChI=1S/C15H19N3O2S/c1-3-18(4-2)15-17-10-13(21-15)9-16-12-7-5-11(6-8-12)14(19)20/h5-8,10,16H,3-4,9H2,1-2H3,(H,19,20). The third kappa shape index (κ3) is 3.95. The van der Waals surface area contributed by atoms with Crippen LogP contribution in [0.15, 0.2) is 30.5 Å². The summed E-state index contributed by atoms with van der Waals surface area (Å²) in [6.07, 6.45) is 1.89. The normalized spacial score (nSPS) is 10.4. The fraction of sp³-hybridized carbons (Fsp3) is 0.333. The van der Waals surface area contributed by atoms with Crippen LogP contribution in [0.5, 0.6) is 0 Å². The molecule has 0 radical (unpaired) electrons. The quantitative estimate of drug-likeness (QED) is 0.821. The highest BCUT2D eigenvalue weighted by Gasteiger charge is 2.07. The van der Waals surface area contributed by atoms with E-state index < -0.39 is 5.97 Å². The summed E-state index contributed by atoms with van der Waals surface area (Å²) in [5.74, 6) is -0.909. The minimum absolute atomic E-state index is 0.294. The van der Waals surface area contributed by atoms with Gasteiger partial charge in [-0.15, -0.1) is 11.3 Å². The molecule has 0 aliphatic carbocycles. The Morgan fingerprint density at radius 1 is 1.29 bits per heavy atom. The number of hydrogen-bond donors (Lipinski definition) is 2. The van der Waals surface area contributed by atoms with Gasteiger partial charge in [0.2, 0.25) is 0 Å². The molecule has 2 rings (SSSR count). The van der Waals surface area contributed by atoms with Gasteiger partial charge < -0.3 is 15.3 Å². The Labute approximate surface area is 128 Å². The zero-order valence-corrected chi connectivity index (χ0v) is 13.0. The summed E-state index contributed by atoms with van der Waals surface area (Å²) >= 11 is 1.68. The van der Waals surface area contributed by atoms with Gasteiger partial charge in [-0.1, -0.05) is 0 Å². The Morgan fingerprint density at radius 2 is 1.95 bits per heavy atom. The first-order valence-corrected chi connectivity index (χ1v) is 7.72. The smallest absolute Gasteiger partial charge is 0.335 e. The van der Waals surface area contributed by atoms with E-state index in [9.17, 15) is 4.79 Å². The molecule has 112 valence electrons. The number of anilines is 2. The largest absolute Gasteiger partial charge is 0.478 e. The molecule has 0 spiro atoms. The molecule has 1 heterocycles. The van der Waals surface area contributed by atoms with E-state index in [4.69, 9.17) is 5.11 Å². The predicted molar refractivity (Wildman–Crippen MR) is 86.4 cm³/mol. The maximum absolute atomic E-state index is 10.8. The highest BCUT2D eigenvalue weighted by Crippen LogP contribution is 2.23. The van der Waals surface area contributed by atoms with Crippen LogP contribution in [0.1, 0.15) is 29.1 Å². The molecule has 0 saturated heterocycles. The minimum Gasteiger partial charge on any atom is -0.478 e. The van der Waals surface area contributed by atoms with Crippen LogP contribution in [0.3, 0.4) is 0 Å². The van der Waals surface area contributed by atoms with Crippen LogP contribution in [0.2, 0.25) is 0 Å². The van der Waals surface area contributed by atoms with Crippen LogP contribution in [0, 0.1) is 0 Å². The highest BCUT2D eigenvalue weighted by atomic mass is 32.1. The summed E-state index contributed by atoms with van der Waals surface area (Å²) in [5.41, 5.74) is 1.19. The summed E-state index contributed by atoms with van der Waals surface area (Å²) in [7, 11) is 0. The SMILES string of the molecule is CCN(CC)c1ncc(CNc2ccc(C(=O)O)cc2)s1. The van der Waals surface area contributed by atoms with Crippen molar-refractivity contribution in [2.75, 3.05) is 23.3 Å². The Bertz CT molecular complexity index is 591. The van der Waals surface area contributed by atoms with Gasteiger partial charge in [0.15, 0.2) is 5.13 Å². The van der Waals surface area contributed by atoms with Crippen molar-refractivity contribution in [1.82, 2.24) is 4.98 Å². The molecule has 1 aromatic carbocycles. The van der Waals surface area contributed by atoms with Crippen molar-refractivity contribution in [2.45, 2.75) is 20.4 Å². The van der Waals surface area contributed by atoms with E-state index in [2.05, 4.69) is 29.0 Å². The molecule has 2 N–H and O–H groups in total. The fourth-order valence-electron chi connectivity index (χ4n) is 1.94. The fourth-order valence-corrected chi connectivity index (χ4v) is 2.92. The monoisotopic (exact) mass is 305 g/mol. The zero-order valence-electron chi connectivity index (χ0n) is 12.2. The molecule has 0 aliphatic rings. The average Bonchev–Trinajstić information content (AvgIpc) is 2.96. The second-order valence-electron chi connectivity index (χ2n) is 4.52. The third-order valence-corrected chi connectivity index (χ3v) is 4.23. The van der Waals surface area contributed by atoms with Crippen molar-refractivity contribution in [2.24, 2.45) is 0 Å². The first-order valence-electron chi connectivity index (χ1n) is 6.91. The molecule has 2 aromatic rings. The van der Waals surface area contributed by atoms with E-state index in [-0.39, 0.29) is 0 Å². The van der Waals surface area contributed by atoms with Gasteiger partial charge in [0.25, 0.3) is 0 Å².